The van der Waals surface area contributed by atoms with E-state index in [-0.39, 0.29) is 11.5 Å². The average Bonchev–Trinajstić information content (AvgIpc) is 2.69. The summed E-state index contributed by atoms with van der Waals surface area (Å²) in [4.78, 5) is 0. The van der Waals surface area contributed by atoms with Crippen molar-refractivity contribution in [2.45, 2.75) is 39.8 Å². The second-order valence-corrected chi connectivity index (χ2v) is 6.07. The van der Waals surface area contributed by atoms with Gasteiger partial charge in [0.1, 0.15) is 11.3 Å². The van der Waals surface area contributed by atoms with Gasteiger partial charge in [-0.3, -0.25) is 0 Å². The Morgan fingerprint density at radius 2 is 2.05 bits per heavy atom. The molecular formula is C16H23NO2. The lowest BCUT2D eigenvalue weighted by atomic mass is 9.87. The quantitative estimate of drug-likeness (QED) is 0.838. The summed E-state index contributed by atoms with van der Waals surface area (Å²) in [7, 11) is 0. The molecule has 0 aliphatic carbocycles. The molecule has 1 atom stereocenters. The summed E-state index contributed by atoms with van der Waals surface area (Å²) in [5, 5.41) is 14.0. The normalized spacial score (nSPS) is 13.9. The Labute approximate surface area is 114 Å². The van der Waals surface area contributed by atoms with Gasteiger partial charge in [-0.25, -0.2) is 0 Å². The third-order valence-corrected chi connectivity index (χ3v) is 3.23. The molecule has 0 aliphatic heterocycles. The Bertz CT molecular complexity index is 495. The minimum Gasteiger partial charge on any atom is -0.460 e. The molecule has 2 rings (SSSR count). The molecule has 0 spiro atoms. The smallest absolute Gasteiger partial charge is 0.134 e. The number of nitrogens with one attached hydrogen (secondary N) is 1. The van der Waals surface area contributed by atoms with Crippen LogP contribution in [-0.4, -0.2) is 17.8 Å². The molecule has 2 aromatic rings. The van der Waals surface area contributed by atoms with Crippen LogP contribution in [-0.2, 0) is 6.54 Å². The first-order valence-corrected chi connectivity index (χ1v) is 6.82. The summed E-state index contributed by atoms with van der Waals surface area (Å²) in [6.07, 6.45) is 0.531. The molecule has 19 heavy (non-hydrogen) atoms. The number of hydrogen-bond acceptors (Lipinski definition) is 3. The van der Waals surface area contributed by atoms with Crippen molar-refractivity contribution in [3.63, 3.8) is 0 Å². The van der Waals surface area contributed by atoms with E-state index in [0.29, 0.717) is 0 Å². The Balaban J connectivity index is 1.88. The van der Waals surface area contributed by atoms with Crippen LogP contribution in [0, 0.1) is 5.41 Å². The molecule has 1 aromatic heterocycles. The monoisotopic (exact) mass is 261 g/mol. The van der Waals surface area contributed by atoms with Crippen LogP contribution < -0.4 is 5.32 Å². The zero-order valence-electron chi connectivity index (χ0n) is 11.9. The highest BCUT2D eigenvalue weighted by Crippen LogP contribution is 2.22. The van der Waals surface area contributed by atoms with Crippen molar-refractivity contribution in [2.24, 2.45) is 5.41 Å². The van der Waals surface area contributed by atoms with Crippen molar-refractivity contribution < 1.29 is 9.52 Å². The van der Waals surface area contributed by atoms with Crippen LogP contribution in [0.1, 0.15) is 33.0 Å². The fourth-order valence-electron chi connectivity index (χ4n) is 2.52. The van der Waals surface area contributed by atoms with Crippen LogP contribution in [0.5, 0.6) is 0 Å². The maximum absolute atomic E-state index is 9.45. The zero-order chi connectivity index (χ0) is 13.9. The van der Waals surface area contributed by atoms with Gasteiger partial charge in [0.2, 0.25) is 0 Å². The topological polar surface area (TPSA) is 45.4 Å². The maximum atomic E-state index is 9.45. The standard InChI is InChI=1S/C16H23NO2/c1-12(18)9-16(2,3)11-17-10-14-8-13-6-4-5-7-15(13)19-14/h4-8,12,17-18H,9-11H2,1-3H3. The number of aliphatic hydroxyl groups excluding tert-OH is 1. The Morgan fingerprint density at radius 3 is 2.74 bits per heavy atom. The molecule has 0 aliphatic rings. The largest absolute Gasteiger partial charge is 0.460 e. The predicted molar refractivity (Wildman–Crippen MR) is 78.0 cm³/mol. The number of hydrogen-bond donors (Lipinski definition) is 2. The number of furan rings is 1. The second-order valence-electron chi connectivity index (χ2n) is 6.07. The molecule has 0 saturated heterocycles. The van der Waals surface area contributed by atoms with Crippen LogP contribution in [0.15, 0.2) is 34.7 Å². The first-order chi connectivity index (χ1) is 8.96. The lowest BCUT2D eigenvalue weighted by Gasteiger charge is -2.26. The fraction of sp³-hybridized carbons (Fsp3) is 0.500. The molecule has 2 N–H and O–H groups in total. The zero-order valence-corrected chi connectivity index (χ0v) is 11.9. The SMILES string of the molecule is CC(O)CC(C)(C)CNCc1cc2ccccc2o1. The van der Waals surface area contributed by atoms with Gasteiger partial charge >= 0.3 is 0 Å². The number of benzene rings is 1. The molecule has 0 radical (unpaired) electrons. The highest BCUT2D eigenvalue weighted by Gasteiger charge is 2.19. The fourth-order valence-corrected chi connectivity index (χ4v) is 2.52. The van der Waals surface area contributed by atoms with Crippen molar-refractivity contribution in [1.82, 2.24) is 5.32 Å². The summed E-state index contributed by atoms with van der Waals surface area (Å²) in [5.41, 5.74) is 1.02. The van der Waals surface area contributed by atoms with Crippen molar-refractivity contribution in [3.05, 3.63) is 36.1 Å². The molecule has 0 fully saturated rings. The van der Waals surface area contributed by atoms with Crippen LogP contribution in [0.25, 0.3) is 11.0 Å². The van der Waals surface area contributed by atoms with E-state index in [2.05, 4.69) is 31.3 Å². The number of fused-ring (bicyclic) bond motifs is 1. The van der Waals surface area contributed by atoms with Crippen molar-refractivity contribution in [1.29, 1.82) is 0 Å². The number of aliphatic hydroxyl groups is 1. The van der Waals surface area contributed by atoms with Gasteiger partial charge in [0.05, 0.1) is 12.6 Å². The van der Waals surface area contributed by atoms with Crippen LogP contribution >= 0.6 is 0 Å². The maximum Gasteiger partial charge on any atom is 0.134 e. The van der Waals surface area contributed by atoms with Crippen molar-refractivity contribution >= 4 is 11.0 Å². The summed E-state index contributed by atoms with van der Waals surface area (Å²) in [6, 6.07) is 10.1. The van der Waals surface area contributed by atoms with E-state index in [0.717, 1.165) is 36.2 Å². The van der Waals surface area contributed by atoms with Gasteiger partial charge in [0, 0.05) is 11.9 Å². The van der Waals surface area contributed by atoms with E-state index in [9.17, 15) is 5.11 Å². The van der Waals surface area contributed by atoms with Crippen molar-refractivity contribution in [3.8, 4) is 0 Å². The molecule has 3 heteroatoms. The van der Waals surface area contributed by atoms with Gasteiger partial charge in [-0.15, -0.1) is 0 Å². The van der Waals surface area contributed by atoms with E-state index < -0.39 is 0 Å². The second kappa shape index (κ2) is 5.76. The molecule has 0 amide bonds. The van der Waals surface area contributed by atoms with Gasteiger partial charge < -0.3 is 14.8 Å². The summed E-state index contributed by atoms with van der Waals surface area (Å²) < 4.78 is 5.75. The Morgan fingerprint density at radius 1 is 1.32 bits per heavy atom. The lowest BCUT2D eigenvalue weighted by Crippen LogP contribution is -2.31. The Hall–Kier alpha value is -1.32. The van der Waals surface area contributed by atoms with Gasteiger partial charge in [0.25, 0.3) is 0 Å². The number of rotatable bonds is 6. The van der Waals surface area contributed by atoms with E-state index in [1.165, 1.54) is 0 Å². The number of para-hydroxylation sites is 1. The highest BCUT2D eigenvalue weighted by molar-refractivity contribution is 5.77. The summed E-state index contributed by atoms with van der Waals surface area (Å²) >= 11 is 0. The van der Waals surface area contributed by atoms with E-state index in [1.807, 2.05) is 25.1 Å². The highest BCUT2D eigenvalue weighted by atomic mass is 16.3. The summed E-state index contributed by atoms with van der Waals surface area (Å²) in [5.74, 6) is 0.953. The van der Waals surface area contributed by atoms with E-state index in [4.69, 9.17) is 4.42 Å². The van der Waals surface area contributed by atoms with Gasteiger partial charge in [-0.05, 0) is 30.9 Å². The third kappa shape index (κ3) is 4.08. The molecule has 1 unspecified atom stereocenters. The average molecular weight is 261 g/mol. The van der Waals surface area contributed by atoms with Gasteiger partial charge in [-0.2, -0.15) is 0 Å². The predicted octanol–water partition coefficient (Wildman–Crippen LogP) is 3.32. The van der Waals surface area contributed by atoms with Crippen LogP contribution in [0.4, 0.5) is 0 Å². The van der Waals surface area contributed by atoms with Crippen molar-refractivity contribution in [2.75, 3.05) is 6.54 Å². The molecule has 0 saturated carbocycles. The first-order valence-electron chi connectivity index (χ1n) is 6.82. The van der Waals surface area contributed by atoms with Gasteiger partial charge in [-0.1, -0.05) is 32.0 Å². The molecular weight excluding hydrogens is 238 g/mol. The molecule has 104 valence electrons. The molecule has 0 bridgehead atoms. The van der Waals surface area contributed by atoms with Crippen LogP contribution in [0.2, 0.25) is 0 Å². The van der Waals surface area contributed by atoms with E-state index >= 15 is 0 Å². The minimum absolute atomic E-state index is 0.0835. The molecule has 3 nitrogen and oxygen atoms in total. The van der Waals surface area contributed by atoms with Gasteiger partial charge in [0.15, 0.2) is 0 Å². The first kappa shape index (κ1) is 14.1. The third-order valence-electron chi connectivity index (χ3n) is 3.23. The molecule has 1 heterocycles. The lowest BCUT2D eigenvalue weighted by molar-refractivity contribution is 0.128. The minimum atomic E-state index is -0.261. The van der Waals surface area contributed by atoms with Crippen LogP contribution in [0.3, 0.4) is 0 Å². The molecule has 1 aromatic carbocycles. The Kier molecular flexibility index (Phi) is 4.27. The summed E-state index contributed by atoms with van der Waals surface area (Å²) in [6.45, 7) is 7.73. The van der Waals surface area contributed by atoms with E-state index in [1.54, 1.807) is 0 Å².